The van der Waals surface area contributed by atoms with Crippen LogP contribution in [0.2, 0.25) is 5.02 Å². The third-order valence-corrected chi connectivity index (χ3v) is 3.13. The van der Waals surface area contributed by atoms with Gasteiger partial charge in [0, 0.05) is 21.6 Å². The molecule has 1 N–H and O–H groups in total. The van der Waals surface area contributed by atoms with Gasteiger partial charge < -0.3 is 5.32 Å². The molecule has 0 unspecified atom stereocenters. The van der Waals surface area contributed by atoms with Crippen LogP contribution in [0.1, 0.15) is 5.56 Å². The minimum atomic E-state index is -0.388. The van der Waals surface area contributed by atoms with Crippen LogP contribution in [0.3, 0.4) is 0 Å². The second kappa shape index (κ2) is 5.67. The summed E-state index contributed by atoms with van der Waals surface area (Å²) in [5.41, 5.74) is 0.700. The molecular weight excluding hydrogens is 324 g/mol. The van der Waals surface area contributed by atoms with Gasteiger partial charge in [0.25, 0.3) is 0 Å². The Morgan fingerprint density at radius 3 is 2.56 bits per heavy atom. The number of hydrogen-bond donors (Lipinski definition) is 1. The van der Waals surface area contributed by atoms with E-state index in [1.807, 2.05) is 0 Å². The zero-order chi connectivity index (χ0) is 13.1. The predicted molar refractivity (Wildman–Crippen MR) is 72.8 cm³/mol. The molecule has 0 aromatic heterocycles. The highest BCUT2D eigenvalue weighted by Gasteiger charge is 2.06. The first-order valence-electron chi connectivity index (χ1n) is 5.19. The van der Waals surface area contributed by atoms with E-state index in [2.05, 4.69) is 21.2 Å². The molecule has 0 aliphatic heterocycles. The summed E-state index contributed by atoms with van der Waals surface area (Å²) in [6.45, 7) is 0.166. The van der Waals surface area contributed by atoms with Gasteiger partial charge in [-0.1, -0.05) is 27.5 Å². The molecule has 0 atom stereocenters. The highest BCUT2D eigenvalue weighted by molar-refractivity contribution is 9.10. The van der Waals surface area contributed by atoms with Crippen LogP contribution in [0.4, 0.5) is 14.5 Å². The summed E-state index contributed by atoms with van der Waals surface area (Å²) in [5, 5.41) is 3.28. The number of rotatable bonds is 3. The van der Waals surface area contributed by atoms with E-state index in [1.54, 1.807) is 12.1 Å². The van der Waals surface area contributed by atoms with Crippen LogP contribution >= 0.6 is 27.5 Å². The highest BCUT2D eigenvalue weighted by atomic mass is 79.9. The fourth-order valence-electron chi connectivity index (χ4n) is 1.50. The predicted octanol–water partition coefficient (Wildman–Crippen LogP) is 4.99. The molecule has 2 rings (SSSR count). The van der Waals surface area contributed by atoms with Crippen LogP contribution in [0, 0.1) is 11.6 Å². The summed E-state index contributed by atoms with van der Waals surface area (Å²) < 4.78 is 27.6. The summed E-state index contributed by atoms with van der Waals surface area (Å²) in [5.74, 6) is -0.761. The van der Waals surface area contributed by atoms with E-state index < -0.39 is 0 Å². The van der Waals surface area contributed by atoms with Crippen molar-refractivity contribution < 1.29 is 8.78 Å². The SMILES string of the molecule is Fc1ccc(Cl)cc1CNc1cc(Br)ccc1F. The number of benzene rings is 2. The van der Waals surface area contributed by atoms with Crippen LogP contribution in [0.5, 0.6) is 0 Å². The van der Waals surface area contributed by atoms with E-state index in [0.717, 1.165) is 4.47 Å². The van der Waals surface area contributed by atoms with Gasteiger partial charge in [-0.3, -0.25) is 0 Å². The molecule has 0 bridgehead atoms. The first kappa shape index (κ1) is 13.3. The Bertz CT molecular complexity index is 523. The lowest BCUT2D eigenvalue weighted by Crippen LogP contribution is -2.03. The van der Waals surface area contributed by atoms with E-state index in [-0.39, 0.29) is 18.2 Å². The molecule has 0 radical (unpaired) electrons. The Labute approximate surface area is 117 Å². The maximum atomic E-state index is 13.5. The summed E-state index contributed by atoms with van der Waals surface area (Å²) in [6.07, 6.45) is 0. The fourth-order valence-corrected chi connectivity index (χ4v) is 2.06. The Hall–Kier alpha value is -1.13. The van der Waals surface area contributed by atoms with Crippen LogP contribution < -0.4 is 5.32 Å². The summed E-state index contributed by atoms with van der Waals surface area (Å²) in [7, 11) is 0. The molecule has 2 aromatic rings. The third kappa shape index (κ3) is 3.21. The molecule has 1 nitrogen and oxygen atoms in total. The topological polar surface area (TPSA) is 12.0 Å². The van der Waals surface area contributed by atoms with Crippen LogP contribution in [-0.2, 0) is 6.54 Å². The molecule has 0 aliphatic rings. The van der Waals surface area contributed by atoms with Crippen molar-refractivity contribution in [3.05, 3.63) is 63.1 Å². The fraction of sp³-hybridized carbons (Fsp3) is 0.0769. The normalized spacial score (nSPS) is 10.4. The van der Waals surface area contributed by atoms with Crippen LogP contribution in [0.25, 0.3) is 0 Å². The maximum absolute atomic E-state index is 13.5. The van der Waals surface area contributed by atoms with Crippen molar-refractivity contribution >= 4 is 33.2 Å². The Balaban J connectivity index is 2.16. The van der Waals surface area contributed by atoms with Gasteiger partial charge in [0.15, 0.2) is 0 Å². The molecule has 0 fully saturated rings. The molecule has 18 heavy (non-hydrogen) atoms. The molecule has 5 heteroatoms. The van der Waals surface area contributed by atoms with E-state index in [0.29, 0.717) is 16.3 Å². The molecular formula is C13H9BrClF2N. The summed E-state index contributed by atoms with van der Waals surface area (Å²) in [6, 6.07) is 8.80. The van der Waals surface area contributed by atoms with Gasteiger partial charge in [-0.05, 0) is 36.4 Å². The van der Waals surface area contributed by atoms with E-state index in [1.165, 1.54) is 24.3 Å². The van der Waals surface area contributed by atoms with E-state index in [9.17, 15) is 8.78 Å². The van der Waals surface area contributed by atoms with Gasteiger partial charge in [0.1, 0.15) is 11.6 Å². The van der Waals surface area contributed by atoms with Gasteiger partial charge in [-0.25, -0.2) is 8.78 Å². The molecule has 0 saturated heterocycles. The minimum absolute atomic E-state index is 0.166. The number of halogens is 4. The van der Waals surface area contributed by atoms with Crippen molar-refractivity contribution in [1.29, 1.82) is 0 Å². The number of nitrogens with one attached hydrogen (secondary N) is 1. The average Bonchev–Trinajstić information content (AvgIpc) is 2.34. The third-order valence-electron chi connectivity index (χ3n) is 2.41. The first-order chi connectivity index (χ1) is 8.56. The van der Waals surface area contributed by atoms with Crippen molar-refractivity contribution in [3.8, 4) is 0 Å². The molecule has 0 heterocycles. The smallest absolute Gasteiger partial charge is 0.146 e. The molecule has 94 valence electrons. The second-order valence-corrected chi connectivity index (χ2v) is 5.07. The van der Waals surface area contributed by atoms with Gasteiger partial charge in [-0.15, -0.1) is 0 Å². The second-order valence-electron chi connectivity index (χ2n) is 3.71. The van der Waals surface area contributed by atoms with Crippen molar-refractivity contribution in [2.24, 2.45) is 0 Å². The van der Waals surface area contributed by atoms with Gasteiger partial charge in [0.05, 0.1) is 5.69 Å². The average molecular weight is 333 g/mol. The van der Waals surface area contributed by atoms with Crippen molar-refractivity contribution in [2.75, 3.05) is 5.32 Å². The Morgan fingerprint density at radius 1 is 1.06 bits per heavy atom. The molecule has 0 aliphatic carbocycles. The van der Waals surface area contributed by atoms with Crippen molar-refractivity contribution in [2.45, 2.75) is 6.54 Å². The van der Waals surface area contributed by atoms with E-state index >= 15 is 0 Å². The first-order valence-corrected chi connectivity index (χ1v) is 6.36. The Kier molecular flexibility index (Phi) is 4.19. The number of anilines is 1. The zero-order valence-electron chi connectivity index (χ0n) is 9.18. The maximum Gasteiger partial charge on any atom is 0.146 e. The molecule has 0 saturated carbocycles. The van der Waals surface area contributed by atoms with E-state index in [4.69, 9.17) is 11.6 Å². The largest absolute Gasteiger partial charge is 0.378 e. The van der Waals surface area contributed by atoms with Crippen LogP contribution in [0.15, 0.2) is 40.9 Å². The lowest BCUT2D eigenvalue weighted by Gasteiger charge is -2.09. The van der Waals surface area contributed by atoms with Gasteiger partial charge in [0.2, 0.25) is 0 Å². The molecule has 2 aromatic carbocycles. The lowest BCUT2D eigenvalue weighted by atomic mass is 10.2. The summed E-state index contributed by atoms with van der Waals surface area (Å²) >= 11 is 9.03. The quantitative estimate of drug-likeness (QED) is 0.834. The van der Waals surface area contributed by atoms with Crippen LogP contribution in [-0.4, -0.2) is 0 Å². The zero-order valence-corrected chi connectivity index (χ0v) is 11.5. The van der Waals surface area contributed by atoms with Crippen molar-refractivity contribution in [3.63, 3.8) is 0 Å². The minimum Gasteiger partial charge on any atom is -0.378 e. The Morgan fingerprint density at radius 2 is 1.78 bits per heavy atom. The van der Waals surface area contributed by atoms with Gasteiger partial charge in [-0.2, -0.15) is 0 Å². The monoisotopic (exact) mass is 331 g/mol. The molecule has 0 amide bonds. The highest BCUT2D eigenvalue weighted by Crippen LogP contribution is 2.22. The van der Waals surface area contributed by atoms with Gasteiger partial charge >= 0.3 is 0 Å². The number of hydrogen-bond acceptors (Lipinski definition) is 1. The summed E-state index contributed by atoms with van der Waals surface area (Å²) in [4.78, 5) is 0. The van der Waals surface area contributed by atoms with Crippen molar-refractivity contribution in [1.82, 2.24) is 0 Å². The molecule has 0 spiro atoms. The lowest BCUT2D eigenvalue weighted by molar-refractivity contribution is 0.610. The standard InChI is InChI=1S/C13H9BrClF2N/c14-9-1-3-12(17)13(6-9)18-7-8-5-10(15)2-4-11(8)16/h1-6,18H,7H2.